The maximum absolute atomic E-state index is 11.9. The Morgan fingerprint density at radius 2 is 2.10 bits per heavy atom. The monoisotopic (exact) mass is 274 g/mol. The molecule has 1 atom stereocenters. The lowest BCUT2D eigenvalue weighted by Gasteiger charge is -2.20. The number of carbonyl (C=O) groups is 1. The summed E-state index contributed by atoms with van der Waals surface area (Å²) in [5.74, 6) is 0.183. The Hall–Kier alpha value is -2.14. The van der Waals surface area contributed by atoms with E-state index in [1.165, 1.54) is 0 Å². The molecule has 1 aromatic carbocycles. The zero-order chi connectivity index (χ0) is 14.6. The summed E-state index contributed by atoms with van der Waals surface area (Å²) in [6.45, 7) is 3.71. The van der Waals surface area contributed by atoms with Crippen molar-refractivity contribution in [1.82, 2.24) is 10.5 Å². The third kappa shape index (κ3) is 3.45. The zero-order valence-electron chi connectivity index (χ0n) is 11.6. The molecule has 5 nitrogen and oxygen atoms in total. The Labute approximate surface area is 117 Å². The molecule has 5 heteroatoms. The van der Waals surface area contributed by atoms with Crippen LogP contribution in [0.3, 0.4) is 0 Å². The second-order valence-electron chi connectivity index (χ2n) is 4.98. The molecule has 0 saturated carbocycles. The summed E-state index contributed by atoms with van der Waals surface area (Å²) >= 11 is 0. The van der Waals surface area contributed by atoms with Crippen LogP contribution in [0.25, 0.3) is 11.3 Å². The Bertz CT molecular complexity index is 576. The van der Waals surface area contributed by atoms with E-state index in [1.54, 1.807) is 13.0 Å². The van der Waals surface area contributed by atoms with Gasteiger partial charge in [-0.05, 0) is 13.3 Å². The standard InChI is InChI=1S/C15H18N2O3/c1-3-15(2,19)10-16-14(18)12-9-13(20-17-12)11-7-5-4-6-8-11/h4-9,19H,3,10H2,1-2H3,(H,16,18). The smallest absolute Gasteiger partial charge is 0.273 e. The molecule has 0 bridgehead atoms. The number of hydrogen-bond donors (Lipinski definition) is 2. The number of nitrogens with zero attached hydrogens (tertiary/aromatic N) is 1. The van der Waals surface area contributed by atoms with Gasteiger partial charge in [-0.25, -0.2) is 0 Å². The van der Waals surface area contributed by atoms with Crippen molar-refractivity contribution in [3.63, 3.8) is 0 Å². The number of hydrogen-bond acceptors (Lipinski definition) is 4. The maximum Gasteiger partial charge on any atom is 0.273 e. The SMILES string of the molecule is CCC(C)(O)CNC(=O)c1cc(-c2ccccc2)on1. The van der Waals surface area contributed by atoms with E-state index in [1.807, 2.05) is 37.3 Å². The topological polar surface area (TPSA) is 75.4 Å². The molecule has 0 fully saturated rings. The van der Waals surface area contributed by atoms with E-state index < -0.39 is 5.60 Å². The summed E-state index contributed by atoms with van der Waals surface area (Å²) in [5.41, 5.74) is 0.150. The second kappa shape index (κ2) is 5.88. The predicted molar refractivity (Wildman–Crippen MR) is 75.2 cm³/mol. The van der Waals surface area contributed by atoms with Crippen LogP contribution in [0.2, 0.25) is 0 Å². The predicted octanol–water partition coefficient (Wildman–Crippen LogP) is 2.23. The van der Waals surface area contributed by atoms with Crippen molar-refractivity contribution in [3.05, 3.63) is 42.1 Å². The molecule has 1 amide bonds. The molecule has 0 aliphatic carbocycles. The molecule has 0 radical (unpaired) electrons. The van der Waals surface area contributed by atoms with Gasteiger partial charge >= 0.3 is 0 Å². The first-order chi connectivity index (χ1) is 9.52. The summed E-state index contributed by atoms with van der Waals surface area (Å²) in [7, 11) is 0. The fourth-order valence-corrected chi connectivity index (χ4v) is 1.61. The lowest BCUT2D eigenvalue weighted by molar-refractivity contribution is 0.0516. The van der Waals surface area contributed by atoms with E-state index in [-0.39, 0.29) is 18.1 Å². The summed E-state index contributed by atoms with van der Waals surface area (Å²) in [4.78, 5) is 11.9. The number of aliphatic hydroxyl groups is 1. The summed E-state index contributed by atoms with van der Waals surface area (Å²) < 4.78 is 5.16. The van der Waals surface area contributed by atoms with Gasteiger partial charge in [0.25, 0.3) is 5.91 Å². The molecule has 1 heterocycles. The van der Waals surface area contributed by atoms with Gasteiger partial charge in [0.2, 0.25) is 0 Å². The van der Waals surface area contributed by atoms with Gasteiger partial charge in [-0.1, -0.05) is 42.4 Å². The van der Waals surface area contributed by atoms with Gasteiger partial charge in [0.1, 0.15) is 0 Å². The summed E-state index contributed by atoms with van der Waals surface area (Å²) in [5, 5.41) is 16.2. The Balaban J connectivity index is 2.04. The molecule has 2 aromatic rings. The normalized spacial score (nSPS) is 13.8. The van der Waals surface area contributed by atoms with Crippen LogP contribution in [-0.2, 0) is 0 Å². The van der Waals surface area contributed by atoms with Crippen LogP contribution < -0.4 is 5.32 Å². The average molecular weight is 274 g/mol. The molecule has 0 spiro atoms. The van der Waals surface area contributed by atoms with Gasteiger partial charge < -0.3 is 14.9 Å². The third-order valence-corrected chi connectivity index (χ3v) is 3.19. The fourth-order valence-electron chi connectivity index (χ4n) is 1.61. The molecular weight excluding hydrogens is 256 g/mol. The highest BCUT2D eigenvalue weighted by Crippen LogP contribution is 2.19. The second-order valence-corrected chi connectivity index (χ2v) is 4.98. The first kappa shape index (κ1) is 14.3. The van der Waals surface area contributed by atoms with Crippen molar-refractivity contribution in [2.45, 2.75) is 25.9 Å². The van der Waals surface area contributed by atoms with Crippen LogP contribution in [-0.4, -0.2) is 28.3 Å². The first-order valence-corrected chi connectivity index (χ1v) is 6.54. The number of amides is 1. The third-order valence-electron chi connectivity index (χ3n) is 3.19. The van der Waals surface area contributed by atoms with E-state index in [9.17, 15) is 9.90 Å². The number of aromatic nitrogens is 1. The van der Waals surface area contributed by atoms with Crippen molar-refractivity contribution in [1.29, 1.82) is 0 Å². The van der Waals surface area contributed by atoms with Gasteiger partial charge in [0.05, 0.1) is 5.60 Å². The van der Waals surface area contributed by atoms with Gasteiger partial charge in [0, 0.05) is 18.2 Å². The Morgan fingerprint density at radius 1 is 1.40 bits per heavy atom. The van der Waals surface area contributed by atoms with Crippen molar-refractivity contribution in [2.75, 3.05) is 6.54 Å². The molecule has 20 heavy (non-hydrogen) atoms. The van der Waals surface area contributed by atoms with E-state index in [0.717, 1.165) is 5.56 Å². The summed E-state index contributed by atoms with van der Waals surface area (Å²) in [6.07, 6.45) is 0.557. The van der Waals surface area contributed by atoms with Crippen LogP contribution in [0.1, 0.15) is 30.8 Å². The maximum atomic E-state index is 11.9. The van der Waals surface area contributed by atoms with Gasteiger partial charge in [-0.15, -0.1) is 0 Å². The highest BCUT2D eigenvalue weighted by Gasteiger charge is 2.20. The quantitative estimate of drug-likeness (QED) is 0.876. The van der Waals surface area contributed by atoms with Crippen molar-refractivity contribution in [3.8, 4) is 11.3 Å². The Kier molecular flexibility index (Phi) is 4.20. The largest absolute Gasteiger partial charge is 0.388 e. The van der Waals surface area contributed by atoms with Gasteiger partial charge in [0.15, 0.2) is 11.5 Å². The van der Waals surface area contributed by atoms with Crippen LogP contribution in [0.5, 0.6) is 0 Å². The minimum Gasteiger partial charge on any atom is -0.388 e. The van der Waals surface area contributed by atoms with E-state index >= 15 is 0 Å². The van der Waals surface area contributed by atoms with Crippen molar-refractivity contribution in [2.24, 2.45) is 0 Å². The average Bonchev–Trinajstić information content (AvgIpc) is 2.96. The van der Waals surface area contributed by atoms with Crippen LogP contribution in [0, 0.1) is 0 Å². The Morgan fingerprint density at radius 3 is 2.75 bits per heavy atom. The molecular formula is C15H18N2O3. The number of nitrogens with one attached hydrogen (secondary N) is 1. The number of rotatable bonds is 5. The highest BCUT2D eigenvalue weighted by molar-refractivity contribution is 5.93. The van der Waals surface area contributed by atoms with Crippen molar-refractivity contribution >= 4 is 5.91 Å². The van der Waals surface area contributed by atoms with E-state index in [2.05, 4.69) is 10.5 Å². The fraction of sp³-hybridized carbons (Fsp3) is 0.333. The molecule has 2 N–H and O–H groups in total. The van der Waals surface area contributed by atoms with Gasteiger partial charge in [-0.2, -0.15) is 0 Å². The molecule has 1 aromatic heterocycles. The van der Waals surface area contributed by atoms with Crippen LogP contribution >= 0.6 is 0 Å². The van der Waals surface area contributed by atoms with Crippen LogP contribution in [0.4, 0.5) is 0 Å². The molecule has 1 unspecified atom stereocenters. The number of benzene rings is 1. The minimum atomic E-state index is -0.915. The lowest BCUT2D eigenvalue weighted by atomic mass is 10.0. The highest BCUT2D eigenvalue weighted by atomic mass is 16.5. The molecule has 0 aliphatic heterocycles. The summed E-state index contributed by atoms with van der Waals surface area (Å²) in [6, 6.07) is 11.0. The molecule has 2 rings (SSSR count). The first-order valence-electron chi connectivity index (χ1n) is 6.54. The van der Waals surface area contributed by atoms with E-state index in [4.69, 9.17) is 4.52 Å². The molecule has 0 saturated heterocycles. The number of carbonyl (C=O) groups excluding carboxylic acids is 1. The minimum absolute atomic E-state index is 0.176. The molecule has 106 valence electrons. The molecule has 0 aliphatic rings. The van der Waals surface area contributed by atoms with E-state index in [0.29, 0.717) is 12.2 Å². The van der Waals surface area contributed by atoms with Crippen LogP contribution in [0.15, 0.2) is 40.9 Å². The van der Waals surface area contributed by atoms with Crippen molar-refractivity contribution < 1.29 is 14.4 Å². The zero-order valence-corrected chi connectivity index (χ0v) is 11.6. The lowest BCUT2D eigenvalue weighted by Crippen LogP contribution is -2.40. The van der Waals surface area contributed by atoms with Gasteiger partial charge in [-0.3, -0.25) is 4.79 Å².